The normalized spacial score (nSPS) is 23.2. The monoisotopic (exact) mass is 321 g/mol. The minimum Gasteiger partial charge on any atom is -0.398 e. The van der Waals surface area contributed by atoms with E-state index in [2.05, 4.69) is 0 Å². The van der Waals surface area contributed by atoms with E-state index in [1.807, 2.05) is 13.8 Å². The maximum atomic E-state index is 12.6. The highest BCUT2D eigenvalue weighted by molar-refractivity contribution is 7.85. The summed E-state index contributed by atoms with van der Waals surface area (Å²) in [5.41, 5.74) is 4.45. The van der Waals surface area contributed by atoms with Crippen molar-refractivity contribution in [3.63, 3.8) is 0 Å². The van der Waals surface area contributed by atoms with Gasteiger partial charge in [0.1, 0.15) is 0 Å². The van der Waals surface area contributed by atoms with Crippen LogP contribution in [0.1, 0.15) is 32.3 Å². The second kappa shape index (κ2) is 5.61. The average molecular weight is 321 g/mol. The van der Waals surface area contributed by atoms with Crippen LogP contribution in [-0.4, -0.2) is 21.7 Å². The van der Waals surface area contributed by atoms with Crippen LogP contribution in [0.5, 0.6) is 0 Å². The number of nitrogen functional groups attached to an aromatic ring is 1. The summed E-state index contributed by atoms with van der Waals surface area (Å²) < 4.78 is 55.7. The standard InChI is InChI=1S/C14H18F3NO2S/c1-13(2)6-5-10(20-13)8-21(19)12-4-3-9(7-11(12)18)14(15,16)17/h3-4,7,10H,5-6,8,18H2,1-2H3. The zero-order valence-corrected chi connectivity index (χ0v) is 12.7. The van der Waals surface area contributed by atoms with E-state index in [9.17, 15) is 17.4 Å². The molecule has 0 saturated carbocycles. The number of ether oxygens (including phenoxy) is 1. The minimum atomic E-state index is -4.45. The quantitative estimate of drug-likeness (QED) is 0.869. The van der Waals surface area contributed by atoms with Gasteiger partial charge in [-0.1, -0.05) is 0 Å². The van der Waals surface area contributed by atoms with E-state index in [0.717, 1.165) is 25.0 Å². The summed E-state index contributed by atoms with van der Waals surface area (Å²) in [4.78, 5) is 0.233. The van der Waals surface area contributed by atoms with Gasteiger partial charge in [-0.25, -0.2) is 0 Å². The Balaban J connectivity index is 2.10. The molecule has 1 fully saturated rings. The van der Waals surface area contributed by atoms with Crippen LogP contribution in [0.15, 0.2) is 23.1 Å². The smallest absolute Gasteiger partial charge is 0.398 e. The predicted molar refractivity (Wildman–Crippen MR) is 75.3 cm³/mol. The minimum absolute atomic E-state index is 0.0968. The summed E-state index contributed by atoms with van der Waals surface area (Å²) in [6.45, 7) is 3.92. The lowest BCUT2D eigenvalue weighted by atomic mass is 10.1. The fraction of sp³-hybridized carbons (Fsp3) is 0.571. The van der Waals surface area contributed by atoms with E-state index < -0.39 is 22.5 Å². The molecule has 7 heteroatoms. The van der Waals surface area contributed by atoms with Crippen LogP contribution in [0.3, 0.4) is 0 Å². The summed E-state index contributed by atoms with van der Waals surface area (Å²) in [7, 11) is -1.47. The molecule has 2 unspecified atom stereocenters. The molecule has 1 aliphatic heterocycles. The Kier molecular flexibility index (Phi) is 4.35. The number of benzene rings is 1. The first-order chi connectivity index (χ1) is 9.58. The van der Waals surface area contributed by atoms with Gasteiger partial charge < -0.3 is 10.5 Å². The van der Waals surface area contributed by atoms with Crippen molar-refractivity contribution in [1.82, 2.24) is 0 Å². The van der Waals surface area contributed by atoms with Gasteiger partial charge in [0.25, 0.3) is 0 Å². The van der Waals surface area contributed by atoms with Crippen LogP contribution < -0.4 is 5.73 Å². The van der Waals surface area contributed by atoms with Crippen molar-refractivity contribution in [2.45, 2.75) is 49.5 Å². The molecule has 0 spiro atoms. The molecule has 2 rings (SSSR count). The van der Waals surface area contributed by atoms with E-state index >= 15 is 0 Å². The molecule has 118 valence electrons. The van der Waals surface area contributed by atoms with E-state index in [1.165, 1.54) is 6.07 Å². The van der Waals surface area contributed by atoms with E-state index in [-0.39, 0.29) is 28.0 Å². The van der Waals surface area contributed by atoms with Gasteiger partial charge in [0.2, 0.25) is 0 Å². The molecule has 1 heterocycles. The highest BCUT2D eigenvalue weighted by Gasteiger charge is 2.34. The van der Waals surface area contributed by atoms with E-state index in [4.69, 9.17) is 10.5 Å². The number of nitrogens with two attached hydrogens (primary N) is 1. The van der Waals surface area contributed by atoms with Crippen molar-refractivity contribution < 1.29 is 22.1 Å². The van der Waals surface area contributed by atoms with Crippen LogP contribution in [0.25, 0.3) is 0 Å². The molecule has 0 aromatic heterocycles. The highest BCUT2D eigenvalue weighted by atomic mass is 32.2. The molecule has 1 aromatic rings. The summed E-state index contributed by atoms with van der Waals surface area (Å²) in [6.07, 6.45) is -2.94. The molecule has 0 bridgehead atoms. The average Bonchev–Trinajstić information content (AvgIpc) is 2.67. The third-order valence-corrected chi connectivity index (χ3v) is 5.01. The Bertz CT molecular complexity index is 558. The lowest BCUT2D eigenvalue weighted by Crippen LogP contribution is -2.23. The Labute approximate surface area is 124 Å². The third-order valence-electron chi connectivity index (χ3n) is 3.47. The highest BCUT2D eigenvalue weighted by Crippen LogP contribution is 2.34. The molecule has 0 aliphatic carbocycles. The number of hydrogen-bond donors (Lipinski definition) is 1. The van der Waals surface area contributed by atoms with Crippen LogP contribution >= 0.6 is 0 Å². The SMILES string of the molecule is CC1(C)CCC(CS(=O)c2ccc(C(F)(F)F)cc2N)O1. The third kappa shape index (κ3) is 3.97. The van der Waals surface area contributed by atoms with Crippen LogP contribution in [-0.2, 0) is 21.7 Å². The Morgan fingerprint density at radius 3 is 2.57 bits per heavy atom. The molecular weight excluding hydrogens is 303 g/mol. The first-order valence-electron chi connectivity index (χ1n) is 6.61. The molecule has 21 heavy (non-hydrogen) atoms. The number of anilines is 1. The summed E-state index contributed by atoms with van der Waals surface area (Å²) in [5.74, 6) is 0.249. The van der Waals surface area contributed by atoms with Gasteiger partial charge in [-0.2, -0.15) is 13.2 Å². The van der Waals surface area contributed by atoms with Crippen molar-refractivity contribution in [2.75, 3.05) is 11.5 Å². The van der Waals surface area contributed by atoms with E-state index in [1.54, 1.807) is 0 Å². The van der Waals surface area contributed by atoms with Crippen LogP contribution in [0.4, 0.5) is 18.9 Å². The zero-order chi connectivity index (χ0) is 15.8. The molecule has 1 saturated heterocycles. The first-order valence-corrected chi connectivity index (χ1v) is 7.93. The van der Waals surface area contributed by atoms with Crippen LogP contribution in [0, 0.1) is 0 Å². The molecule has 0 amide bonds. The molecule has 3 nitrogen and oxygen atoms in total. The lowest BCUT2D eigenvalue weighted by Gasteiger charge is -2.19. The molecule has 1 aromatic carbocycles. The Hall–Kier alpha value is -1.08. The number of halogens is 3. The number of rotatable bonds is 3. The van der Waals surface area contributed by atoms with Gasteiger partial charge in [-0.15, -0.1) is 0 Å². The van der Waals surface area contributed by atoms with Crippen LogP contribution in [0.2, 0.25) is 0 Å². The number of alkyl halides is 3. The summed E-state index contributed by atoms with van der Waals surface area (Å²) in [6, 6.07) is 2.92. The predicted octanol–water partition coefficient (Wildman–Crippen LogP) is 3.35. The largest absolute Gasteiger partial charge is 0.416 e. The topological polar surface area (TPSA) is 52.3 Å². The molecule has 2 atom stereocenters. The fourth-order valence-electron chi connectivity index (χ4n) is 2.39. The first kappa shape index (κ1) is 16.3. The molecular formula is C14H18F3NO2S. The second-order valence-electron chi connectivity index (χ2n) is 5.80. The van der Waals surface area contributed by atoms with Gasteiger partial charge >= 0.3 is 6.18 Å². The zero-order valence-electron chi connectivity index (χ0n) is 11.9. The van der Waals surface area contributed by atoms with Gasteiger partial charge in [0, 0.05) is 5.69 Å². The number of hydrogen-bond acceptors (Lipinski definition) is 3. The Morgan fingerprint density at radius 2 is 2.10 bits per heavy atom. The van der Waals surface area contributed by atoms with Crippen molar-refractivity contribution >= 4 is 16.5 Å². The maximum Gasteiger partial charge on any atom is 0.416 e. The maximum absolute atomic E-state index is 12.6. The Morgan fingerprint density at radius 1 is 1.43 bits per heavy atom. The van der Waals surface area contributed by atoms with Gasteiger partial charge in [0.15, 0.2) is 0 Å². The summed E-state index contributed by atoms with van der Waals surface area (Å²) in [5, 5.41) is 0. The molecule has 1 aliphatic rings. The van der Waals surface area contributed by atoms with E-state index in [0.29, 0.717) is 0 Å². The van der Waals surface area contributed by atoms with Crippen molar-refractivity contribution in [3.8, 4) is 0 Å². The lowest BCUT2D eigenvalue weighted by molar-refractivity contribution is -0.137. The second-order valence-corrected chi connectivity index (χ2v) is 7.26. The summed E-state index contributed by atoms with van der Waals surface area (Å²) >= 11 is 0. The van der Waals surface area contributed by atoms with Gasteiger partial charge in [-0.3, -0.25) is 4.21 Å². The fourth-order valence-corrected chi connectivity index (χ4v) is 3.68. The van der Waals surface area contributed by atoms with Gasteiger partial charge in [0.05, 0.1) is 38.7 Å². The molecule has 0 radical (unpaired) electrons. The van der Waals surface area contributed by atoms with Gasteiger partial charge in [-0.05, 0) is 44.9 Å². The molecule has 2 N–H and O–H groups in total. The van der Waals surface area contributed by atoms with Crippen molar-refractivity contribution in [3.05, 3.63) is 23.8 Å². The van der Waals surface area contributed by atoms with Crippen molar-refractivity contribution in [2.24, 2.45) is 0 Å². The van der Waals surface area contributed by atoms with Crippen molar-refractivity contribution in [1.29, 1.82) is 0 Å².